The van der Waals surface area contributed by atoms with E-state index < -0.39 is 0 Å². The third kappa shape index (κ3) is 1.43. The summed E-state index contributed by atoms with van der Waals surface area (Å²) in [5.74, 6) is 2.28. The maximum absolute atomic E-state index is 8.58. The molecule has 0 atom stereocenters. The molecule has 1 N–H and O–H groups in total. The molecule has 1 aromatic heterocycles. The highest BCUT2D eigenvalue weighted by Crippen LogP contribution is 2.40. The zero-order valence-corrected chi connectivity index (χ0v) is 6.29. The van der Waals surface area contributed by atoms with E-state index in [-0.39, 0.29) is 6.61 Å². The fourth-order valence-corrected chi connectivity index (χ4v) is 1.09. The van der Waals surface area contributed by atoms with Crippen LogP contribution < -0.4 is 0 Å². The van der Waals surface area contributed by atoms with Crippen molar-refractivity contribution in [3.05, 3.63) is 17.8 Å². The van der Waals surface area contributed by atoms with Crippen LogP contribution in [0.4, 0.5) is 0 Å². The number of oxazole rings is 1. The van der Waals surface area contributed by atoms with Gasteiger partial charge in [-0.15, -0.1) is 0 Å². The Hall–Kier alpha value is -0.830. The fraction of sp³-hybridized carbons (Fsp3) is 0.625. The Morgan fingerprint density at radius 3 is 3.09 bits per heavy atom. The van der Waals surface area contributed by atoms with Crippen LogP contribution in [0.1, 0.15) is 30.4 Å². The topological polar surface area (TPSA) is 46.3 Å². The third-order valence-electron chi connectivity index (χ3n) is 1.88. The van der Waals surface area contributed by atoms with Gasteiger partial charge in [-0.2, -0.15) is 0 Å². The Kier molecular flexibility index (Phi) is 1.66. The van der Waals surface area contributed by atoms with Crippen molar-refractivity contribution in [3.8, 4) is 0 Å². The van der Waals surface area contributed by atoms with E-state index in [1.54, 1.807) is 6.20 Å². The molecule has 0 radical (unpaired) electrons. The van der Waals surface area contributed by atoms with Crippen molar-refractivity contribution in [1.29, 1.82) is 0 Å². The van der Waals surface area contributed by atoms with E-state index in [1.165, 1.54) is 12.8 Å². The Labute approximate surface area is 65.1 Å². The number of aliphatic hydroxyl groups excluding tert-OH is 1. The second-order valence-electron chi connectivity index (χ2n) is 2.90. The summed E-state index contributed by atoms with van der Waals surface area (Å²) >= 11 is 0. The molecule has 0 unspecified atom stereocenters. The lowest BCUT2D eigenvalue weighted by molar-refractivity contribution is 0.283. The van der Waals surface area contributed by atoms with Gasteiger partial charge in [0.15, 0.2) is 5.89 Å². The molecule has 2 rings (SSSR count). The van der Waals surface area contributed by atoms with E-state index in [1.807, 2.05) is 0 Å². The van der Waals surface area contributed by atoms with E-state index in [4.69, 9.17) is 9.52 Å². The lowest BCUT2D eigenvalue weighted by Crippen LogP contribution is -1.88. The highest BCUT2D eigenvalue weighted by Gasteiger charge is 2.27. The number of hydrogen-bond donors (Lipinski definition) is 1. The fourth-order valence-electron chi connectivity index (χ4n) is 1.09. The van der Waals surface area contributed by atoms with Gasteiger partial charge in [-0.1, -0.05) is 0 Å². The summed E-state index contributed by atoms with van der Waals surface area (Å²) in [6.45, 7) is 0.116. The largest absolute Gasteiger partial charge is 0.445 e. The van der Waals surface area contributed by atoms with Crippen LogP contribution in [0.3, 0.4) is 0 Å². The molecule has 1 fully saturated rings. The second kappa shape index (κ2) is 2.66. The predicted octanol–water partition coefficient (Wildman–Crippen LogP) is 1.09. The standard InChI is InChI=1S/C8H11NO2/c10-4-3-8-9-5-7(11-8)6-1-2-6/h5-6,10H,1-4H2. The zero-order valence-electron chi connectivity index (χ0n) is 6.29. The predicted molar refractivity (Wildman–Crippen MR) is 39.3 cm³/mol. The molecule has 0 bridgehead atoms. The maximum atomic E-state index is 8.58. The Balaban J connectivity index is 2.06. The quantitative estimate of drug-likeness (QED) is 0.707. The van der Waals surface area contributed by atoms with Crippen LogP contribution >= 0.6 is 0 Å². The summed E-state index contributed by atoms with van der Waals surface area (Å²) in [6, 6.07) is 0. The van der Waals surface area contributed by atoms with Crippen LogP contribution in [-0.2, 0) is 6.42 Å². The van der Waals surface area contributed by atoms with Crippen molar-refractivity contribution in [2.24, 2.45) is 0 Å². The number of nitrogens with zero attached hydrogens (tertiary/aromatic N) is 1. The molecule has 11 heavy (non-hydrogen) atoms. The minimum atomic E-state index is 0.116. The molecule has 3 nitrogen and oxygen atoms in total. The Bertz CT molecular complexity index is 240. The normalized spacial score (nSPS) is 17.2. The van der Waals surface area contributed by atoms with Crippen LogP contribution in [-0.4, -0.2) is 16.7 Å². The van der Waals surface area contributed by atoms with Crippen LogP contribution in [0.15, 0.2) is 10.6 Å². The minimum Gasteiger partial charge on any atom is -0.445 e. The molecular formula is C8H11NO2. The van der Waals surface area contributed by atoms with Gasteiger partial charge in [0.25, 0.3) is 0 Å². The van der Waals surface area contributed by atoms with Gasteiger partial charge in [-0.05, 0) is 12.8 Å². The first kappa shape index (κ1) is 6.85. The van der Waals surface area contributed by atoms with Crippen molar-refractivity contribution >= 4 is 0 Å². The first-order chi connectivity index (χ1) is 5.40. The lowest BCUT2D eigenvalue weighted by Gasteiger charge is -1.88. The smallest absolute Gasteiger partial charge is 0.196 e. The molecule has 0 aliphatic heterocycles. The molecule has 0 saturated heterocycles. The third-order valence-corrected chi connectivity index (χ3v) is 1.88. The van der Waals surface area contributed by atoms with Gasteiger partial charge in [0.2, 0.25) is 0 Å². The average molecular weight is 153 g/mol. The molecule has 0 amide bonds. The Morgan fingerprint density at radius 1 is 1.64 bits per heavy atom. The maximum Gasteiger partial charge on any atom is 0.196 e. The van der Waals surface area contributed by atoms with Crippen LogP contribution in [0.5, 0.6) is 0 Å². The van der Waals surface area contributed by atoms with Crippen molar-refractivity contribution in [3.63, 3.8) is 0 Å². The summed E-state index contributed by atoms with van der Waals surface area (Å²) in [5, 5.41) is 8.58. The summed E-state index contributed by atoms with van der Waals surface area (Å²) < 4.78 is 5.38. The molecule has 60 valence electrons. The molecular weight excluding hydrogens is 142 g/mol. The Morgan fingerprint density at radius 2 is 2.45 bits per heavy atom. The first-order valence-corrected chi connectivity index (χ1v) is 3.95. The highest BCUT2D eigenvalue weighted by atomic mass is 16.4. The molecule has 3 heteroatoms. The summed E-state index contributed by atoms with van der Waals surface area (Å²) in [5.41, 5.74) is 0. The van der Waals surface area contributed by atoms with Crippen molar-refractivity contribution in [2.75, 3.05) is 6.61 Å². The van der Waals surface area contributed by atoms with Gasteiger partial charge < -0.3 is 9.52 Å². The second-order valence-corrected chi connectivity index (χ2v) is 2.90. The number of hydrogen-bond acceptors (Lipinski definition) is 3. The summed E-state index contributed by atoms with van der Waals surface area (Å²) in [7, 11) is 0. The van der Waals surface area contributed by atoms with Crippen molar-refractivity contribution in [1.82, 2.24) is 4.98 Å². The van der Waals surface area contributed by atoms with E-state index in [2.05, 4.69) is 4.98 Å². The lowest BCUT2D eigenvalue weighted by atomic mass is 10.3. The van der Waals surface area contributed by atoms with Gasteiger partial charge in [0.1, 0.15) is 5.76 Å². The van der Waals surface area contributed by atoms with Gasteiger partial charge in [-0.25, -0.2) is 4.98 Å². The van der Waals surface area contributed by atoms with Gasteiger partial charge in [0, 0.05) is 12.3 Å². The number of aromatic nitrogens is 1. The minimum absolute atomic E-state index is 0.116. The monoisotopic (exact) mass is 153 g/mol. The van der Waals surface area contributed by atoms with E-state index in [0.29, 0.717) is 18.2 Å². The SMILES string of the molecule is OCCc1ncc(C2CC2)o1. The molecule has 1 heterocycles. The van der Waals surface area contributed by atoms with E-state index >= 15 is 0 Å². The van der Waals surface area contributed by atoms with Gasteiger partial charge >= 0.3 is 0 Å². The average Bonchev–Trinajstić information content (AvgIpc) is 2.75. The molecule has 1 aliphatic rings. The van der Waals surface area contributed by atoms with Gasteiger partial charge in [0.05, 0.1) is 12.8 Å². The summed E-state index contributed by atoms with van der Waals surface area (Å²) in [4.78, 5) is 4.04. The molecule has 0 aromatic carbocycles. The molecule has 1 aliphatic carbocycles. The van der Waals surface area contributed by atoms with Crippen LogP contribution in [0.25, 0.3) is 0 Å². The van der Waals surface area contributed by atoms with Crippen molar-refractivity contribution in [2.45, 2.75) is 25.2 Å². The molecule has 1 aromatic rings. The van der Waals surface area contributed by atoms with Crippen LogP contribution in [0.2, 0.25) is 0 Å². The molecule has 0 spiro atoms. The van der Waals surface area contributed by atoms with Crippen molar-refractivity contribution < 1.29 is 9.52 Å². The van der Waals surface area contributed by atoms with Crippen LogP contribution in [0, 0.1) is 0 Å². The zero-order chi connectivity index (χ0) is 7.68. The highest BCUT2D eigenvalue weighted by molar-refractivity contribution is 5.08. The number of aliphatic hydroxyl groups is 1. The first-order valence-electron chi connectivity index (χ1n) is 3.95. The van der Waals surface area contributed by atoms with E-state index in [9.17, 15) is 0 Å². The van der Waals surface area contributed by atoms with E-state index in [0.717, 1.165) is 5.76 Å². The summed E-state index contributed by atoms with van der Waals surface area (Å²) in [6.07, 6.45) is 4.77. The molecule has 1 saturated carbocycles. The number of rotatable bonds is 3. The van der Waals surface area contributed by atoms with Gasteiger partial charge in [-0.3, -0.25) is 0 Å².